The van der Waals surface area contributed by atoms with Crippen LogP contribution in [0.3, 0.4) is 0 Å². The van der Waals surface area contributed by atoms with Crippen molar-refractivity contribution in [3.63, 3.8) is 0 Å². The Hall–Kier alpha value is -0.930. The molecule has 1 saturated carbocycles. The molecule has 15 heavy (non-hydrogen) atoms. The third kappa shape index (κ3) is 2.03. The maximum Gasteiger partial charge on any atom is 0.157 e. The maximum absolute atomic E-state index is 13.4. The van der Waals surface area contributed by atoms with Crippen molar-refractivity contribution in [2.75, 3.05) is 0 Å². The van der Waals surface area contributed by atoms with Gasteiger partial charge in [0.05, 0.1) is 10.6 Å². The van der Waals surface area contributed by atoms with Crippen LogP contribution >= 0.6 is 11.6 Å². The summed E-state index contributed by atoms with van der Waals surface area (Å²) in [6, 6.07) is 4.65. The Balaban J connectivity index is 2.17. The van der Waals surface area contributed by atoms with E-state index in [9.17, 15) is 9.18 Å². The molecule has 0 amide bonds. The van der Waals surface area contributed by atoms with E-state index in [1.165, 1.54) is 6.07 Å². The molecule has 1 aliphatic rings. The number of carbonyl (C=O) groups excluding carboxylic acids is 1. The van der Waals surface area contributed by atoms with Gasteiger partial charge in [0.2, 0.25) is 0 Å². The number of rotatable bonds is 3. The lowest BCUT2D eigenvalue weighted by Crippen LogP contribution is -2.34. The van der Waals surface area contributed by atoms with Gasteiger partial charge in [0, 0.05) is 6.42 Å². The molecule has 0 unspecified atom stereocenters. The first kappa shape index (κ1) is 10.6. The average molecular weight is 228 g/mol. The van der Waals surface area contributed by atoms with Crippen molar-refractivity contribution in [1.82, 2.24) is 0 Å². The van der Waals surface area contributed by atoms with Crippen molar-refractivity contribution in [3.8, 4) is 0 Å². The topological polar surface area (TPSA) is 43.1 Å². The van der Waals surface area contributed by atoms with Crippen LogP contribution in [0.2, 0.25) is 5.02 Å². The molecule has 0 heterocycles. The molecule has 2 nitrogen and oxygen atoms in total. The van der Waals surface area contributed by atoms with Crippen molar-refractivity contribution in [1.29, 1.82) is 0 Å². The van der Waals surface area contributed by atoms with E-state index in [-0.39, 0.29) is 17.2 Å². The molecule has 4 heteroatoms. The molecule has 0 saturated heterocycles. The third-order valence-electron chi connectivity index (χ3n) is 2.73. The molecule has 0 bridgehead atoms. The summed E-state index contributed by atoms with van der Waals surface area (Å²) in [5.74, 6) is -0.625. The zero-order valence-electron chi connectivity index (χ0n) is 8.09. The van der Waals surface area contributed by atoms with E-state index in [1.54, 1.807) is 12.1 Å². The molecule has 80 valence electrons. The molecule has 0 radical (unpaired) electrons. The van der Waals surface area contributed by atoms with Crippen molar-refractivity contribution in [2.45, 2.75) is 24.8 Å². The SMILES string of the molecule is NC1(C(=O)Cc2cccc(Cl)c2F)CC1. The van der Waals surface area contributed by atoms with Gasteiger partial charge < -0.3 is 5.73 Å². The standard InChI is InChI=1S/C11H11ClFNO/c12-8-3-1-2-7(10(8)13)6-9(15)11(14)4-5-11/h1-3H,4-6,14H2. The largest absolute Gasteiger partial charge is 0.319 e. The monoisotopic (exact) mass is 227 g/mol. The highest BCUT2D eigenvalue weighted by Gasteiger charge is 2.45. The van der Waals surface area contributed by atoms with Crippen LogP contribution in [0.25, 0.3) is 0 Å². The molecular weight excluding hydrogens is 217 g/mol. The lowest BCUT2D eigenvalue weighted by Gasteiger charge is -2.08. The first-order valence-electron chi connectivity index (χ1n) is 4.78. The number of halogens is 2. The summed E-state index contributed by atoms with van der Waals surface area (Å²) < 4.78 is 13.4. The van der Waals surface area contributed by atoms with Crippen LogP contribution in [0, 0.1) is 5.82 Å². The Morgan fingerprint density at radius 1 is 1.53 bits per heavy atom. The molecule has 0 spiro atoms. The van der Waals surface area contributed by atoms with E-state index < -0.39 is 11.4 Å². The lowest BCUT2D eigenvalue weighted by atomic mass is 10.0. The molecular formula is C11H11ClFNO. The predicted octanol–water partition coefficient (Wildman–Crippen LogP) is 2.08. The second-order valence-electron chi connectivity index (χ2n) is 3.97. The van der Waals surface area contributed by atoms with Crippen molar-refractivity contribution < 1.29 is 9.18 Å². The highest BCUT2D eigenvalue weighted by Crippen LogP contribution is 2.34. The van der Waals surface area contributed by atoms with Crippen LogP contribution in [0.15, 0.2) is 18.2 Å². The van der Waals surface area contributed by atoms with E-state index in [4.69, 9.17) is 17.3 Å². The van der Waals surface area contributed by atoms with E-state index in [2.05, 4.69) is 0 Å². The lowest BCUT2D eigenvalue weighted by molar-refractivity contribution is -0.120. The molecule has 1 aromatic rings. The van der Waals surface area contributed by atoms with Crippen LogP contribution in [-0.2, 0) is 11.2 Å². The van der Waals surface area contributed by atoms with Gasteiger partial charge in [-0.05, 0) is 24.5 Å². The third-order valence-corrected chi connectivity index (χ3v) is 3.02. The van der Waals surface area contributed by atoms with Gasteiger partial charge in [-0.1, -0.05) is 23.7 Å². The Morgan fingerprint density at radius 3 is 2.80 bits per heavy atom. The van der Waals surface area contributed by atoms with E-state index in [0.29, 0.717) is 18.4 Å². The van der Waals surface area contributed by atoms with Gasteiger partial charge in [-0.2, -0.15) is 0 Å². The van der Waals surface area contributed by atoms with Crippen LogP contribution in [0.1, 0.15) is 18.4 Å². The summed E-state index contributed by atoms with van der Waals surface area (Å²) in [6.07, 6.45) is 1.44. The van der Waals surface area contributed by atoms with Gasteiger partial charge in [0.1, 0.15) is 5.82 Å². The molecule has 2 rings (SSSR count). The molecule has 0 aliphatic heterocycles. The number of benzene rings is 1. The Bertz CT molecular complexity index is 415. The van der Waals surface area contributed by atoms with E-state index >= 15 is 0 Å². The Kier molecular flexibility index (Phi) is 2.52. The highest BCUT2D eigenvalue weighted by molar-refractivity contribution is 6.30. The van der Waals surface area contributed by atoms with E-state index in [0.717, 1.165) is 0 Å². The fourth-order valence-corrected chi connectivity index (χ4v) is 1.64. The van der Waals surface area contributed by atoms with Gasteiger partial charge >= 0.3 is 0 Å². The second-order valence-corrected chi connectivity index (χ2v) is 4.38. The van der Waals surface area contributed by atoms with Crippen LogP contribution in [0.4, 0.5) is 4.39 Å². The van der Waals surface area contributed by atoms with Crippen LogP contribution in [0.5, 0.6) is 0 Å². The van der Waals surface area contributed by atoms with E-state index in [1.807, 2.05) is 0 Å². The number of nitrogens with two attached hydrogens (primary N) is 1. The second kappa shape index (κ2) is 3.58. The van der Waals surface area contributed by atoms with Crippen molar-refractivity contribution in [2.24, 2.45) is 5.73 Å². The number of Topliss-reactive ketones (excluding diaryl/α,β-unsaturated/α-hetero) is 1. The van der Waals surface area contributed by atoms with Gasteiger partial charge in [-0.25, -0.2) is 4.39 Å². The highest BCUT2D eigenvalue weighted by atomic mass is 35.5. The normalized spacial score (nSPS) is 17.5. The number of hydrogen-bond acceptors (Lipinski definition) is 2. The quantitative estimate of drug-likeness (QED) is 0.859. The molecule has 1 fully saturated rings. The smallest absolute Gasteiger partial charge is 0.157 e. The van der Waals surface area contributed by atoms with Gasteiger partial charge in [-0.3, -0.25) is 4.79 Å². The molecule has 0 atom stereocenters. The summed E-state index contributed by atoms with van der Waals surface area (Å²) in [5.41, 5.74) is 5.34. The minimum absolute atomic E-state index is 0.0306. The summed E-state index contributed by atoms with van der Waals surface area (Å²) in [4.78, 5) is 11.6. The number of hydrogen-bond donors (Lipinski definition) is 1. The zero-order valence-corrected chi connectivity index (χ0v) is 8.85. The molecule has 1 aromatic carbocycles. The summed E-state index contributed by atoms with van der Waals surface area (Å²) >= 11 is 5.61. The first-order chi connectivity index (χ1) is 7.03. The minimum atomic E-state index is -0.700. The summed E-state index contributed by atoms with van der Waals surface area (Å²) in [7, 11) is 0. The molecule has 0 aromatic heterocycles. The van der Waals surface area contributed by atoms with Crippen molar-refractivity contribution in [3.05, 3.63) is 34.6 Å². The fourth-order valence-electron chi connectivity index (χ4n) is 1.45. The number of carbonyl (C=O) groups is 1. The Morgan fingerprint density at radius 2 is 2.20 bits per heavy atom. The van der Waals surface area contributed by atoms with Gasteiger partial charge in [-0.15, -0.1) is 0 Å². The van der Waals surface area contributed by atoms with Crippen molar-refractivity contribution >= 4 is 17.4 Å². The minimum Gasteiger partial charge on any atom is -0.319 e. The van der Waals surface area contributed by atoms with Crippen LogP contribution in [-0.4, -0.2) is 11.3 Å². The average Bonchev–Trinajstić information content (AvgIpc) is 2.93. The Labute approximate surface area is 92.2 Å². The maximum atomic E-state index is 13.4. The van der Waals surface area contributed by atoms with Gasteiger partial charge in [0.25, 0.3) is 0 Å². The number of ketones is 1. The van der Waals surface area contributed by atoms with Crippen LogP contribution < -0.4 is 5.73 Å². The summed E-state index contributed by atoms with van der Waals surface area (Å²) in [6.45, 7) is 0. The summed E-state index contributed by atoms with van der Waals surface area (Å²) in [5, 5.41) is 0.0437. The van der Waals surface area contributed by atoms with Gasteiger partial charge in [0.15, 0.2) is 5.78 Å². The fraction of sp³-hybridized carbons (Fsp3) is 0.364. The first-order valence-corrected chi connectivity index (χ1v) is 5.16. The zero-order chi connectivity index (χ0) is 11.1. The molecule has 1 aliphatic carbocycles. The molecule has 2 N–H and O–H groups in total. The predicted molar refractivity (Wildman–Crippen MR) is 56.3 cm³/mol.